The number of carbonyl (C=O) groups is 1. The van der Waals surface area contributed by atoms with Gasteiger partial charge in [-0.15, -0.1) is 5.10 Å². The van der Waals surface area contributed by atoms with Gasteiger partial charge in [0.2, 0.25) is 5.95 Å². The number of allylic oxidation sites excluding steroid dienone is 2. The van der Waals surface area contributed by atoms with Crippen LogP contribution >= 0.6 is 23.2 Å². The standard InChI is InChI=1S/C25H24Cl2N4O2/c1-4-33-16-8-5-14(6-9-16)22-21-19(12-25(2,3)13-20(21)32)28-24-29-23(30-31(22)24)17-10-7-15(26)11-18(17)27/h5-11,22H,4,12-13H2,1-3H3,(H,28,29,30). The average Bonchev–Trinajstić information content (AvgIpc) is 3.15. The molecule has 0 amide bonds. The van der Waals surface area contributed by atoms with Crippen molar-refractivity contribution < 1.29 is 9.53 Å². The van der Waals surface area contributed by atoms with Crippen LogP contribution in [0.15, 0.2) is 53.7 Å². The van der Waals surface area contributed by atoms with E-state index in [4.69, 9.17) is 38.0 Å². The number of benzene rings is 2. The Balaban J connectivity index is 1.65. The second-order valence-electron chi connectivity index (χ2n) is 9.19. The highest BCUT2D eigenvalue weighted by Crippen LogP contribution is 2.46. The molecule has 0 saturated heterocycles. The first-order valence-corrected chi connectivity index (χ1v) is 11.7. The van der Waals surface area contributed by atoms with Gasteiger partial charge in [0.05, 0.1) is 11.6 Å². The molecule has 1 N–H and O–H groups in total. The minimum atomic E-state index is -0.386. The van der Waals surface area contributed by atoms with Crippen LogP contribution in [0.25, 0.3) is 11.4 Å². The lowest BCUT2D eigenvalue weighted by atomic mass is 9.73. The number of nitrogens with one attached hydrogen (secondary N) is 1. The Morgan fingerprint density at radius 1 is 1.15 bits per heavy atom. The van der Waals surface area contributed by atoms with Crippen molar-refractivity contribution in [1.82, 2.24) is 14.8 Å². The Morgan fingerprint density at radius 2 is 1.91 bits per heavy atom. The molecular weight excluding hydrogens is 459 g/mol. The van der Waals surface area contributed by atoms with Crippen LogP contribution in [0.2, 0.25) is 10.0 Å². The third-order valence-electron chi connectivity index (χ3n) is 6.01. The van der Waals surface area contributed by atoms with E-state index in [9.17, 15) is 4.79 Å². The molecule has 1 aliphatic carbocycles. The van der Waals surface area contributed by atoms with Gasteiger partial charge in [-0.2, -0.15) is 4.98 Å². The summed E-state index contributed by atoms with van der Waals surface area (Å²) in [4.78, 5) is 18.1. The second kappa shape index (κ2) is 8.19. The molecule has 1 atom stereocenters. The van der Waals surface area contributed by atoms with E-state index >= 15 is 0 Å². The number of rotatable bonds is 4. The van der Waals surface area contributed by atoms with Gasteiger partial charge in [0, 0.05) is 28.3 Å². The van der Waals surface area contributed by atoms with Crippen molar-refractivity contribution in [3.05, 3.63) is 69.3 Å². The molecule has 0 radical (unpaired) electrons. The highest BCUT2D eigenvalue weighted by atomic mass is 35.5. The zero-order valence-corrected chi connectivity index (χ0v) is 20.2. The summed E-state index contributed by atoms with van der Waals surface area (Å²) >= 11 is 12.5. The van der Waals surface area contributed by atoms with E-state index in [1.807, 2.05) is 31.2 Å². The maximum absolute atomic E-state index is 13.4. The fraction of sp³-hybridized carbons (Fsp3) is 0.320. The Labute approximate surface area is 202 Å². The van der Waals surface area contributed by atoms with E-state index in [2.05, 4.69) is 19.2 Å². The number of anilines is 1. The Morgan fingerprint density at radius 3 is 2.61 bits per heavy atom. The number of ether oxygens (including phenoxy) is 1. The predicted molar refractivity (Wildman–Crippen MR) is 130 cm³/mol. The third-order valence-corrected chi connectivity index (χ3v) is 6.56. The van der Waals surface area contributed by atoms with Crippen LogP contribution in [0.3, 0.4) is 0 Å². The van der Waals surface area contributed by atoms with Crippen molar-refractivity contribution in [2.24, 2.45) is 5.41 Å². The van der Waals surface area contributed by atoms with E-state index in [1.165, 1.54) is 0 Å². The van der Waals surface area contributed by atoms with E-state index < -0.39 is 0 Å². The van der Waals surface area contributed by atoms with Crippen LogP contribution in [0.1, 0.15) is 45.2 Å². The molecule has 6 nitrogen and oxygen atoms in total. The normalized spacial score (nSPS) is 19.1. The van der Waals surface area contributed by atoms with Crippen LogP contribution in [0.5, 0.6) is 5.75 Å². The number of hydrogen-bond donors (Lipinski definition) is 1. The van der Waals surface area contributed by atoms with Gasteiger partial charge >= 0.3 is 0 Å². The van der Waals surface area contributed by atoms with Gasteiger partial charge in [-0.25, -0.2) is 4.68 Å². The van der Waals surface area contributed by atoms with Crippen molar-refractivity contribution in [2.75, 3.05) is 11.9 Å². The summed E-state index contributed by atoms with van der Waals surface area (Å²) in [6.45, 7) is 6.76. The maximum atomic E-state index is 13.4. The minimum absolute atomic E-state index is 0.125. The first kappa shape index (κ1) is 22.0. The molecule has 2 aromatic carbocycles. The first-order chi connectivity index (χ1) is 15.8. The van der Waals surface area contributed by atoms with Crippen molar-refractivity contribution in [3.63, 3.8) is 0 Å². The Hall–Kier alpha value is -2.83. The lowest BCUT2D eigenvalue weighted by Gasteiger charge is -2.38. The first-order valence-electron chi connectivity index (χ1n) is 10.9. The SMILES string of the molecule is CCOc1ccc(C2C3=C(CC(C)(C)CC3=O)Nc3nc(-c4ccc(Cl)cc4Cl)nn32)cc1. The number of nitrogens with zero attached hydrogens (tertiary/aromatic N) is 3. The number of fused-ring (bicyclic) bond motifs is 1. The molecule has 170 valence electrons. The van der Waals surface area contributed by atoms with E-state index in [1.54, 1.807) is 22.9 Å². The number of aromatic nitrogens is 3. The molecule has 1 aliphatic heterocycles. The lowest BCUT2D eigenvalue weighted by molar-refractivity contribution is -0.118. The van der Waals surface area contributed by atoms with E-state index in [0.29, 0.717) is 40.4 Å². The molecule has 33 heavy (non-hydrogen) atoms. The van der Waals surface area contributed by atoms with Crippen LogP contribution in [0, 0.1) is 5.41 Å². The minimum Gasteiger partial charge on any atom is -0.494 e. The average molecular weight is 483 g/mol. The highest BCUT2D eigenvalue weighted by Gasteiger charge is 2.42. The van der Waals surface area contributed by atoms with Gasteiger partial charge in [0.25, 0.3) is 0 Å². The Bertz CT molecular complexity index is 1280. The summed E-state index contributed by atoms with van der Waals surface area (Å²) < 4.78 is 7.39. The number of ketones is 1. The summed E-state index contributed by atoms with van der Waals surface area (Å²) in [5.41, 5.74) is 3.14. The lowest BCUT2D eigenvalue weighted by Crippen LogP contribution is -2.36. The molecule has 2 aliphatic rings. The van der Waals surface area contributed by atoms with Gasteiger partial charge in [-0.1, -0.05) is 49.2 Å². The van der Waals surface area contributed by atoms with Crippen molar-refractivity contribution in [1.29, 1.82) is 0 Å². The quantitative estimate of drug-likeness (QED) is 0.471. The molecule has 2 heterocycles. The molecule has 1 aromatic heterocycles. The largest absolute Gasteiger partial charge is 0.494 e. The summed E-state index contributed by atoms with van der Waals surface area (Å²) in [6.07, 6.45) is 1.24. The molecule has 5 rings (SSSR count). The molecule has 0 fully saturated rings. The molecule has 1 unspecified atom stereocenters. The number of halogens is 2. The Kier molecular flexibility index (Phi) is 5.46. The molecule has 0 saturated carbocycles. The smallest absolute Gasteiger partial charge is 0.226 e. The van der Waals surface area contributed by atoms with Crippen LogP contribution in [-0.4, -0.2) is 27.2 Å². The molecule has 3 aromatic rings. The molecule has 0 bridgehead atoms. The monoisotopic (exact) mass is 482 g/mol. The van der Waals surface area contributed by atoms with E-state index in [0.717, 1.165) is 29.0 Å². The third kappa shape index (κ3) is 4.02. The maximum Gasteiger partial charge on any atom is 0.226 e. The van der Waals surface area contributed by atoms with Crippen molar-refractivity contribution in [3.8, 4) is 17.1 Å². The second-order valence-corrected chi connectivity index (χ2v) is 10.0. The summed E-state index contributed by atoms with van der Waals surface area (Å²) in [7, 11) is 0. The molecule has 0 spiro atoms. The molecular formula is C25H24Cl2N4O2. The fourth-order valence-electron chi connectivity index (χ4n) is 4.62. The van der Waals surface area contributed by atoms with Crippen molar-refractivity contribution >= 4 is 34.9 Å². The zero-order chi connectivity index (χ0) is 23.3. The van der Waals surface area contributed by atoms with Gasteiger partial charge in [-0.3, -0.25) is 4.79 Å². The fourth-order valence-corrected chi connectivity index (χ4v) is 5.11. The van der Waals surface area contributed by atoms with Crippen LogP contribution in [-0.2, 0) is 4.79 Å². The highest BCUT2D eigenvalue weighted by molar-refractivity contribution is 6.36. The number of hydrogen-bond acceptors (Lipinski definition) is 5. The van der Waals surface area contributed by atoms with Gasteiger partial charge in [0.1, 0.15) is 11.8 Å². The topological polar surface area (TPSA) is 69.0 Å². The van der Waals surface area contributed by atoms with Crippen LogP contribution < -0.4 is 10.1 Å². The van der Waals surface area contributed by atoms with Gasteiger partial charge in [-0.05, 0) is 54.7 Å². The summed E-state index contributed by atoms with van der Waals surface area (Å²) in [5, 5.41) is 9.19. The van der Waals surface area contributed by atoms with Crippen molar-refractivity contribution in [2.45, 2.75) is 39.7 Å². The number of carbonyl (C=O) groups excluding carboxylic acids is 1. The van der Waals surface area contributed by atoms with Gasteiger partial charge in [0.15, 0.2) is 11.6 Å². The molecule has 8 heteroatoms. The summed E-state index contributed by atoms with van der Waals surface area (Å²) in [6, 6.07) is 12.7. The summed E-state index contributed by atoms with van der Waals surface area (Å²) in [5.74, 6) is 1.97. The number of Topliss-reactive ketones (excluding diaryl/α,β-unsaturated/α-hetero) is 1. The predicted octanol–water partition coefficient (Wildman–Crippen LogP) is 6.31. The zero-order valence-electron chi connectivity index (χ0n) is 18.7. The van der Waals surface area contributed by atoms with Gasteiger partial charge < -0.3 is 10.1 Å². The van der Waals surface area contributed by atoms with E-state index in [-0.39, 0.29) is 17.2 Å². The van der Waals surface area contributed by atoms with Crippen LogP contribution in [0.4, 0.5) is 5.95 Å².